The number of amides is 1. The minimum absolute atomic E-state index is 0.0679. The van der Waals surface area contributed by atoms with Crippen LogP contribution in [0.15, 0.2) is 12.1 Å². The van der Waals surface area contributed by atoms with Gasteiger partial charge in [0.2, 0.25) is 5.91 Å². The maximum Gasteiger partial charge on any atom is 0.241 e. The van der Waals surface area contributed by atoms with E-state index >= 15 is 0 Å². The Kier molecular flexibility index (Phi) is 2.82. The molecule has 1 aromatic carbocycles. The number of carbonyl (C=O) groups is 1. The fourth-order valence-electron chi connectivity index (χ4n) is 1.59. The molecule has 0 saturated carbocycles. The normalized spacial score (nSPS) is 16.7. The summed E-state index contributed by atoms with van der Waals surface area (Å²) >= 11 is 0. The number of carbonyl (C=O) groups excluding carboxylic acids is 1. The van der Waals surface area contributed by atoms with Crippen LogP contribution in [0.25, 0.3) is 0 Å². The van der Waals surface area contributed by atoms with E-state index in [0.29, 0.717) is 6.54 Å². The summed E-state index contributed by atoms with van der Waals surface area (Å²) in [5.41, 5.74) is -0.217. The zero-order chi connectivity index (χ0) is 11.7. The third-order valence-corrected chi connectivity index (χ3v) is 2.40. The van der Waals surface area contributed by atoms with Crippen molar-refractivity contribution in [1.82, 2.24) is 5.32 Å². The monoisotopic (exact) mass is 230 g/mol. The lowest BCUT2D eigenvalue weighted by molar-refractivity contribution is -0.118. The average Bonchev–Trinajstić information content (AvgIpc) is 2.28. The molecular formula is C10H9F3N2O. The molecule has 0 aromatic heterocycles. The minimum atomic E-state index is -1.55. The number of hydrogen-bond acceptors (Lipinski definition) is 2. The zero-order valence-corrected chi connectivity index (χ0v) is 8.27. The molecule has 1 aliphatic rings. The number of piperazine rings is 1. The van der Waals surface area contributed by atoms with Gasteiger partial charge in [0.1, 0.15) is 0 Å². The van der Waals surface area contributed by atoms with Crippen LogP contribution in [0.2, 0.25) is 0 Å². The lowest BCUT2D eigenvalue weighted by atomic mass is 10.2. The molecule has 1 heterocycles. The molecule has 2 rings (SSSR count). The van der Waals surface area contributed by atoms with Gasteiger partial charge < -0.3 is 10.2 Å². The minimum Gasteiger partial charge on any atom is -0.307 e. The van der Waals surface area contributed by atoms with E-state index in [1.54, 1.807) is 0 Å². The van der Waals surface area contributed by atoms with Crippen LogP contribution >= 0.6 is 0 Å². The van der Waals surface area contributed by atoms with Crippen LogP contribution in [-0.4, -0.2) is 25.5 Å². The fraction of sp³-hybridized carbons (Fsp3) is 0.300. The molecule has 1 saturated heterocycles. The lowest BCUT2D eigenvalue weighted by Gasteiger charge is -2.27. The molecule has 1 amide bonds. The Morgan fingerprint density at radius 3 is 2.62 bits per heavy atom. The van der Waals surface area contributed by atoms with Crippen molar-refractivity contribution in [2.75, 3.05) is 24.5 Å². The van der Waals surface area contributed by atoms with Gasteiger partial charge in [-0.25, -0.2) is 13.2 Å². The van der Waals surface area contributed by atoms with Crippen molar-refractivity contribution in [3.8, 4) is 0 Å². The van der Waals surface area contributed by atoms with Gasteiger partial charge in [-0.1, -0.05) is 0 Å². The highest BCUT2D eigenvalue weighted by molar-refractivity contribution is 5.95. The maximum absolute atomic E-state index is 13.4. The molecule has 0 atom stereocenters. The van der Waals surface area contributed by atoms with Gasteiger partial charge in [0, 0.05) is 13.1 Å². The van der Waals surface area contributed by atoms with Crippen LogP contribution in [0.1, 0.15) is 0 Å². The van der Waals surface area contributed by atoms with E-state index < -0.39 is 17.5 Å². The van der Waals surface area contributed by atoms with Gasteiger partial charge in [0.05, 0.1) is 12.2 Å². The van der Waals surface area contributed by atoms with Crippen molar-refractivity contribution in [3.63, 3.8) is 0 Å². The number of nitrogens with one attached hydrogen (secondary N) is 1. The molecule has 0 bridgehead atoms. The summed E-state index contributed by atoms with van der Waals surface area (Å²) in [4.78, 5) is 12.5. The largest absolute Gasteiger partial charge is 0.307 e. The molecule has 86 valence electrons. The first kappa shape index (κ1) is 10.9. The Bertz CT molecular complexity index is 436. The second-order valence-corrected chi connectivity index (χ2v) is 3.42. The van der Waals surface area contributed by atoms with Crippen molar-refractivity contribution in [1.29, 1.82) is 0 Å². The smallest absolute Gasteiger partial charge is 0.241 e. The van der Waals surface area contributed by atoms with Crippen molar-refractivity contribution in [3.05, 3.63) is 29.6 Å². The van der Waals surface area contributed by atoms with Crippen molar-refractivity contribution in [2.24, 2.45) is 0 Å². The summed E-state index contributed by atoms with van der Waals surface area (Å²) in [5, 5.41) is 2.80. The van der Waals surface area contributed by atoms with Gasteiger partial charge in [0.15, 0.2) is 17.5 Å². The SMILES string of the molecule is O=C1CNCCN1c1ccc(F)c(F)c1F. The van der Waals surface area contributed by atoms with Crippen molar-refractivity contribution >= 4 is 11.6 Å². The predicted octanol–water partition coefficient (Wildman–Crippen LogP) is 1.04. The summed E-state index contributed by atoms with van der Waals surface area (Å²) < 4.78 is 39.1. The van der Waals surface area contributed by atoms with Crippen LogP contribution in [0.4, 0.5) is 18.9 Å². The average molecular weight is 230 g/mol. The van der Waals surface area contributed by atoms with E-state index in [0.717, 1.165) is 17.0 Å². The highest BCUT2D eigenvalue weighted by Crippen LogP contribution is 2.24. The quantitative estimate of drug-likeness (QED) is 0.731. The van der Waals surface area contributed by atoms with Crippen LogP contribution in [-0.2, 0) is 4.79 Å². The molecule has 0 radical (unpaired) electrons. The first-order valence-corrected chi connectivity index (χ1v) is 4.76. The summed E-state index contributed by atoms with van der Waals surface area (Å²) in [6.45, 7) is 0.795. The number of nitrogens with zero attached hydrogens (tertiary/aromatic N) is 1. The van der Waals surface area contributed by atoms with Crippen LogP contribution in [0, 0.1) is 17.5 Å². The Balaban J connectivity index is 2.40. The number of anilines is 1. The topological polar surface area (TPSA) is 32.3 Å². The first-order chi connectivity index (χ1) is 7.61. The molecule has 16 heavy (non-hydrogen) atoms. The van der Waals surface area contributed by atoms with E-state index in [1.807, 2.05) is 0 Å². The van der Waals surface area contributed by atoms with Gasteiger partial charge in [-0.15, -0.1) is 0 Å². The molecule has 0 unspecified atom stereocenters. The fourth-order valence-corrected chi connectivity index (χ4v) is 1.59. The maximum atomic E-state index is 13.4. The van der Waals surface area contributed by atoms with Crippen LogP contribution < -0.4 is 10.2 Å². The molecule has 0 spiro atoms. The van der Waals surface area contributed by atoms with E-state index in [4.69, 9.17) is 0 Å². The summed E-state index contributed by atoms with van der Waals surface area (Å²) in [6, 6.07) is 1.88. The van der Waals surface area contributed by atoms with Crippen molar-refractivity contribution < 1.29 is 18.0 Å². The standard InChI is InChI=1S/C10H9F3N2O/c11-6-1-2-7(10(13)9(6)12)15-4-3-14-5-8(15)16/h1-2,14H,3-5H2. The summed E-state index contributed by atoms with van der Waals surface area (Å²) in [5.74, 6) is -4.50. The van der Waals surface area contributed by atoms with E-state index in [9.17, 15) is 18.0 Å². The Morgan fingerprint density at radius 2 is 1.94 bits per heavy atom. The molecule has 6 heteroatoms. The summed E-state index contributed by atoms with van der Waals surface area (Å²) in [6.07, 6.45) is 0. The second-order valence-electron chi connectivity index (χ2n) is 3.42. The van der Waals surface area contributed by atoms with E-state index in [-0.39, 0.29) is 24.7 Å². The van der Waals surface area contributed by atoms with E-state index in [1.165, 1.54) is 0 Å². The summed E-state index contributed by atoms with van der Waals surface area (Å²) in [7, 11) is 0. The lowest BCUT2D eigenvalue weighted by Crippen LogP contribution is -2.48. The number of rotatable bonds is 1. The second kappa shape index (κ2) is 4.13. The molecule has 3 nitrogen and oxygen atoms in total. The molecular weight excluding hydrogens is 221 g/mol. The van der Waals surface area contributed by atoms with Gasteiger partial charge in [-0.2, -0.15) is 0 Å². The zero-order valence-electron chi connectivity index (χ0n) is 8.27. The van der Waals surface area contributed by atoms with Gasteiger partial charge in [0.25, 0.3) is 0 Å². The van der Waals surface area contributed by atoms with E-state index in [2.05, 4.69) is 5.32 Å². The van der Waals surface area contributed by atoms with Crippen LogP contribution in [0.5, 0.6) is 0 Å². The highest BCUT2D eigenvalue weighted by atomic mass is 19.2. The molecule has 1 aliphatic heterocycles. The van der Waals surface area contributed by atoms with Crippen LogP contribution in [0.3, 0.4) is 0 Å². The third-order valence-electron chi connectivity index (χ3n) is 2.40. The molecule has 1 aromatic rings. The molecule has 1 N–H and O–H groups in total. The molecule has 0 aliphatic carbocycles. The first-order valence-electron chi connectivity index (χ1n) is 4.76. The molecule has 1 fully saturated rings. The predicted molar refractivity (Wildman–Crippen MR) is 51.5 cm³/mol. The van der Waals surface area contributed by atoms with Crippen molar-refractivity contribution in [2.45, 2.75) is 0 Å². The van der Waals surface area contributed by atoms with Gasteiger partial charge in [-0.3, -0.25) is 4.79 Å². The highest BCUT2D eigenvalue weighted by Gasteiger charge is 2.24. The Labute approximate surface area is 89.9 Å². The number of halogens is 3. The van der Waals surface area contributed by atoms with Gasteiger partial charge >= 0.3 is 0 Å². The Hall–Kier alpha value is -1.56. The van der Waals surface area contributed by atoms with Gasteiger partial charge in [-0.05, 0) is 12.1 Å². The Morgan fingerprint density at radius 1 is 1.19 bits per heavy atom. The number of benzene rings is 1. The third kappa shape index (κ3) is 1.76. The number of hydrogen-bond donors (Lipinski definition) is 1.